The molecule has 0 aromatic carbocycles. The minimum absolute atomic E-state index is 0.160. The van der Waals surface area contributed by atoms with Crippen LogP contribution in [0.4, 0.5) is 11.5 Å². The second-order valence-electron chi connectivity index (χ2n) is 3.39. The van der Waals surface area contributed by atoms with E-state index in [1.165, 1.54) is 6.20 Å². The number of nitro groups is 1. The summed E-state index contributed by atoms with van der Waals surface area (Å²) < 4.78 is 5.16. The lowest BCUT2D eigenvalue weighted by Crippen LogP contribution is -2.07. The lowest BCUT2D eigenvalue weighted by Gasteiger charge is -2.04. The summed E-state index contributed by atoms with van der Waals surface area (Å²) in [6.45, 7) is 0.556. The zero-order valence-electron chi connectivity index (χ0n) is 9.00. The van der Waals surface area contributed by atoms with Crippen molar-refractivity contribution in [3.63, 3.8) is 0 Å². The van der Waals surface area contributed by atoms with Gasteiger partial charge in [-0.2, -0.15) is 0 Å². The molecule has 0 unspecified atom stereocenters. The van der Waals surface area contributed by atoms with Gasteiger partial charge in [0.2, 0.25) is 0 Å². The molecule has 2 rings (SSSR count). The van der Waals surface area contributed by atoms with E-state index in [-0.39, 0.29) is 5.82 Å². The van der Waals surface area contributed by atoms with Crippen molar-refractivity contribution in [2.24, 2.45) is 0 Å². The maximum atomic E-state index is 10.7. The molecule has 0 saturated carbocycles. The van der Waals surface area contributed by atoms with E-state index in [1.807, 2.05) is 12.1 Å². The summed E-state index contributed by atoms with van der Waals surface area (Å²) in [6.07, 6.45) is 3.66. The molecule has 0 spiro atoms. The predicted molar refractivity (Wildman–Crippen MR) is 61.8 cm³/mol. The number of rotatable bonds is 5. The fourth-order valence-corrected chi connectivity index (χ4v) is 1.46. The van der Waals surface area contributed by atoms with E-state index < -0.39 is 4.92 Å². The van der Waals surface area contributed by atoms with Gasteiger partial charge in [0.1, 0.15) is 17.6 Å². The first-order chi connectivity index (χ1) is 8.27. The van der Waals surface area contributed by atoms with E-state index >= 15 is 0 Å². The molecule has 1 N–H and O–H groups in total. The van der Waals surface area contributed by atoms with E-state index in [0.29, 0.717) is 18.7 Å². The molecule has 6 nitrogen and oxygen atoms in total. The smallest absolute Gasteiger partial charge is 0.386 e. The third-order valence-corrected chi connectivity index (χ3v) is 2.23. The molecule has 0 aliphatic carbocycles. The van der Waals surface area contributed by atoms with Crippen LogP contribution in [0.5, 0.6) is 0 Å². The second-order valence-corrected chi connectivity index (χ2v) is 3.39. The van der Waals surface area contributed by atoms with Crippen LogP contribution >= 0.6 is 0 Å². The number of nitrogens with one attached hydrogen (secondary N) is 1. The maximum absolute atomic E-state index is 10.7. The molecule has 2 aromatic rings. The molecule has 0 saturated heterocycles. The number of anilines is 1. The van der Waals surface area contributed by atoms with Crippen molar-refractivity contribution in [1.29, 1.82) is 0 Å². The van der Waals surface area contributed by atoms with Gasteiger partial charge in [-0.3, -0.25) is 0 Å². The van der Waals surface area contributed by atoms with Crippen LogP contribution in [0, 0.1) is 10.1 Å². The molecular formula is C11H11N3O3. The van der Waals surface area contributed by atoms with Crippen molar-refractivity contribution in [3.05, 3.63) is 52.6 Å². The van der Waals surface area contributed by atoms with Gasteiger partial charge in [0.15, 0.2) is 0 Å². The summed E-state index contributed by atoms with van der Waals surface area (Å²) in [4.78, 5) is 13.9. The molecule has 2 aromatic heterocycles. The van der Waals surface area contributed by atoms with Crippen molar-refractivity contribution >= 4 is 11.5 Å². The average molecular weight is 233 g/mol. The van der Waals surface area contributed by atoms with E-state index in [1.54, 1.807) is 18.4 Å². The lowest BCUT2D eigenvalue weighted by molar-refractivity contribution is -0.388. The van der Waals surface area contributed by atoms with Gasteiger partial charge in [-0.15, -0.1) is 0 Å². The zero-order chi connectivity index (χ0) is 12.1. The number of pyridine rings is 1. The van der Waals surface area contributed by atoms with Gasteiger partial charge in [0.05, 0.1) is 6.26 Å². The summed E-state index contributed by atoms with van der Waals surface area (Å²) in [5.74, 6) is 0.677. The standard InChI is InChI=1S/C11H11N3O3/c15-14(16)11-10(4-1-6-13-11)12-7-5-9-3-2-8-17-9/h1-4,6,8,12H,5,7H2. The highest BCUT2D eigenvalue weighted by atomic mass is 16.6. The molecule has 0 aliphatic heterocycles. The Morgan fingerprint density at radius 2 is 2.29 bits per heavy atom. The SMILES string of the molecule is O=[N+]([O-])c1ncccc1NCCc1ccco1. The van der Waals surface area contributed by atoms with Crippen molar-refractivity contribution < 1.29 is 9.34 Å². The molecule has 17 heavy (non-hydrogen) atoms. The number of hydrogen-bond acceptors (Lipinski definition) is 5. The predicted octanol–water partition coefficient (Wildman–Crippen LogP) is 2.24. The Morgan fingerprint density at radius 1 is 1.41 bits per heavy atom. The van der Waals surface area contributed by atoms with E-state index in [0.717, 1.165) is 5.76 Å². The Morgan fingerprint density at radius 3 is 3.00 bits per heavy atom. The van der Waals surface area contributed by atoms with Crippen LogP contribution in [0.2, 0.25) is 0 Å². The van der Waals surface area contributed by atoms with Crippen LogP contribution < -0.4 is 5.32 Å². The Balaban J connectivity index is 1.97. The van der Waals surface area contributed by atoms with Gasteiger partial charge < -0.3 is 19.8 Å². The quantitative estimate of drug-likeness (QED) is 0.632. The molecular weight excluding hydrogens is 222 g/mol. The fraction of sp³-hybridized carbons (Fsp3) is 0.182. The zero-order valence-corrected chi connectivity index (χ0v) is 9.00. The Hall–Kier alpha value is -2.37. The lowest BCUT2D eigenvalue weighted by atomic mass is 10.3. The maximum Gasteiger partial charge on any atom is 0.386 e. The van der Waals surface area contributed by atoms with Crippen molar-refractivity contribution in [2.75, 3.05) is 11.9 Å². The first-order valence-electron chi connectivity index (χ1n) is 5.13. The highest BCUT2D eigenvalue weighted by Gasteiger charge is 2.13. The minimum Gasteiger partial charge on any atom is -0.469 e. The summed E-state index contributed by atoms with van der Waals surface area (Å²) in [6, 6.07) is 6.96. The van der Waals surface area contributed by atoms with Gasteiger partial charge in [-0.1, -0.05) is 0 Å². The van der Waals surface area contributed by atoms with Crippen LogP contribution in [0.25, 0.3) is 0 Å². The monoisotopic (exact) mass is 233 g/mol. The minimum atomic E-state index is -0.505. The Bertz CT molecular complexity index is 496. The third-order valence-electron chi connectivity index (χ3n) is 2.23. The molecule has 88 valence electrons. The molecule has 0 atom stereocenters. The van der Waals surface area contributed by atoms with Crippen LogP contribution in [0.15, 0.2) is 41.1 Å². The first kappa shape index (κ1) is 11.1. The van der Waals surface area contributed by atoms with Crippen LogP contribution in [-0.2, 0) is 6.42 Å². The third kappa shape index (κ3) is 2.81. The molecule has 2 heterocycles. The molecule has 0 aliphatic rings. The van der Waals surface area contributed by atoms with Gasteiger partial charge in [-0.25, -0.2) is 0 Å². The van der Waals surface area contributed by atoms with Gasteiger partial charge >= 0.3 is 5.82 Å². The van der Waals surface area contributed by atoms with Gasteiger partial charge in [0.25, 0.3) is 0 Å². The topological polar surface area (TPSA) is 81.2 Å². The van der Waals surface area contributed by atoms with Crippen molar-refractivity contribution in [3.8, 4) is 0 Å². The van der Waals surface area contributed by atoms with E-state index in [9.17, 15) is 10.1 Å². The van der Waals surface area contributed by atoms with Crippen LogP contribution in [0.1, 0.15) is 5.76 Å². The summed E-state index contributed by atoms with van der Waals surface area (Å²) in [5.41, 5.74) is 0.420. The van der Waals surface area contributed by atoms with Crippen LogP contribution in [0.3, 0.4) is 0 Å². The van der Waals surface area contributed by atoms with E-state index in [4.69, 9.17) is 4.42 Å². The summed E-state index contributed by atoms with van der Waals surface area (Å²) >= 11 is 0. The summed E-state index contributed by atoms with van der Waals surface area (Å²) in [5, 5.41) is 13.7. The number of furan rings is 1. The molecule has 0 fully saturated rings. The highest BCUT2D eigenvalue weighted by molar-refractivity contribution is 5.56. The fourth-order valence-electron chi connectivity index (χ4n) is 1.46. The second kappa shape index (κ2) is 5.11. The largest absolute Gasteiger partial charge is 0.469 e. The molecule has 0 bridgehead atoms. The summed E-state index contributed by atoms with van der Waals surface area (Å²) in [7, 11) is 0. The van der Waals surface area contributed by atoms with Gasteiger partial charge in [0, 0.05) is 13.0 Å². The van der Waals surface area contributed by atoms with E-state index in [2.05, 4.69) is 10.3 Å². The van der Waals surface area contributed by atoms with Gasteiger partial charge in [-0.05, 0) is 34.2 Å². The molecule has 0 radical (unpaired) electrons. The average Bonchev–Trinajstić information content (AvgIpc) is 2.82. The van der Waals surface area contributed by atoms with Crippen LogP contribution in [-0.4, -0.2) is 16.5 Å². The van der Waals surface area contributed by atoms with Crippen molar-refractivity contribution in [2.45, 2.75) is 6.42 Å². The Labute approximate surface area is 97.4 Å². The number of hydrogen-bond donors (Lipinski definition) is 1. The normalized spacial score (nSPS) is 10.1. The number of aromatic nitrogens is 1. The highest BCUT2D eigenvalue weighted by Crippen LogP contribution is 2.19. The number of nitrogens with zero attached hydrogens (tertiary/aromatic N) is 2. The molecule has 0 amide bonds. The molecule has 6 heteroatoms. The first-order valence-corrected chi connectivity index (χ1v) is 5.13. The van der Waals surface area contributed by atoms with Crippen molar-refractivity contribution in [1.82, 2.24) is 4.98 Å². The Kier molecular flexibility index (Phi) is 3.34.